The number of hydrogen-bond donors (Lipinski definition) is 1. The van der Waals surface area contributed by atoms with Crippen LogP contribution in [-0.2, 0) is 22.3 Å². The predicted octanol–water partition coefficient (Wildman–Crippen LogP) is 2.13. The van der Waals surface area contributed by atoms with Crippen molar-refractivity contribution in [3.05, 3.63) is 35.1 Å². The zero-order valence-electron chi connectivity index (χ0n) is 9.86. The molecule has 0 atom stereocenters. The Hall–Kier alpha value is -0.590. The Kier molecular flexibility index (Phi) is 5.42. The molecule has 1 N–H and O–H groups in total. The lowest BCUT2D eigenvalue weighted by atomic mass is 10.1. The molecule has 0 fully saturated rings. The molecule has 0 bridgehead atoms. The highest BCUT2D eigenvalue weighted by Gasteiger charge is 2.09. The number of nitrogens with one attached hydrogen (secondary N) is 1. The van der Waals surface area contributed by atoms with Gasteiger partial charge in [-0.15, -0.1) is 0 Å². The van der Waals surface area contributed by atoms with E-state index >= 15 is 0 Å². The van der Waals surface area contributed by atoms with Crippen LogP contribution in [0.1, 0.15) is 18.1 Å². The van der Waals surface area contributed by atoms with Crippen LogP contribution in [0.4, 0.5) is 4.39 Å². The first kappa shape index (κ1) is 14.5. The van der Waals surface area contributed by atoms with Gasteiger partial charge < -0.3 is 0 Å². The molecule has 1 aromatic carbocycles. The lowest BCUT2D eigenvalue weighted by Crippen LogP contribution is -2.25. The summed E-state index contributed by atoms with van der Waals surface area (Å²) in [5.74, 6) is 0.420. The first-order chi connectivity index (χ1) is 7.98. The Morgan fingerprint density at radius 3 is 2.65 bits per heavy atom. The van der Waals surface area contributed by atoms with E-state index in [1.165, 1.54) is 12.1 Å². The summed E-state index contributed by atoms with van der Waals surface area (Å²) < 4.78 is 38.2. The molecule has 3 nitrogen and oxygen atoms in total. The van der Waals surface area contributed by atoms with Crippen LogP contribution in [0.15, 0.2) is 18.2 Å². The molecule has 1 aromatic rings. The van der Waals surface area contributed by atoms with E-state index in [1.54, 1.807) is 24.8 Å². The van der Waals surface area contributed by atoms with Crippen molar-refractivity contribution in [2.75, 3.05) is 12.0 Å². The van der Waals surface area contributed by atoms with Gasteiger partial charge in [0.25, 0.3) is 0 Å². The van der Waals surface area contributed by atoms with Gasteiger partial charge in [-0.3, -0.25) is 0 Å². The van der Waals surface area contributed by atoms with Crippen LogP contribution in [0.5, 0.6) is 0 Å². The number of thioether (sulfide) groups is 1. The van der Waals surface area contributed by atoms with Gasteiger partial charge in [-0.2, -0.15) is 11.8 Å². The molecule has 1 rings (SSSR count). The number of hydrogen-bond acceptors (Lipinski definition) is 3. The van der Waals surface area contributed by atoms with Crippen molar-refractivity contribution in [3.63, 3.8) is 0 Å². The number of sulfonamides is 1. The van der Waals surface area contributed by atoms with E-state index in [-0.39, 0.29) is 18.1 Å². The van der Waals surface area contributed by atoms with Crippen molar-refractivity contribution in [1.82, 2.24) is 4.72 Å². The first-order valence-corrected chi connectivity index (χ1v) is 8.26. The summed E-state index contributed by atoms with van der Waals surface area (Å²) >= 11 is 1.57. The van der Waals surface area contributed by atoms with Crippen LogP contribution in [0.3, 0.4) is 0 Å². The van der Waals surface area contributed by atoms with Crippen LogP contribution >= 0.6 is 11.8 Å². The summed E-state index contributed by atoms with van der Waals surface area (Å²) in [6.07, 6.45) is 1.92. The lowest BCUT2D eigenvalue weighted by molar-refractivity contribution is 0.582. The highest BCUT2D eigenvalue weighted by Crippen LogP contribution is 2.16. The number of rotatable bonds is 6. The minimum atomic E-state index is -3.21. The van der Waals surface area contributed by atoms with E-state index in [2.05, 4.69) is 4.72 Å². The Morgan fingerprint density at radius 2 is 2.06 bits per heavy atom. The highest BCUT2D eigenvalue weighted by molar-refractivity contribution is 7.97. The third-order valence-electron chi connectivity index (χ3n) is 2.33. The molecular formula is C11H16FNO2S2. The Morgan fingerprint density at radius 1 is 1.35 bits per heavy atom. The third-order valence-corrected chi connectivity index (χ3v) is 4.27. The number of halogens is 1. The molecular weight excluding hydrogens is 261 g/mol. The molecule has 0 spiro atoms. The van der Waals surface area contributed by atoms with E-state index in [0.717, 1.165) is 11.1 Å². The van der Waals surface area contributed by atoms with Crippen molar-refractivity contribution in [1.29, 1.82) is 0 Å². The van der Waals surface area contributed by atoms with Crippen molar-refractivity contribution in [3.8, 4) is 0 Å². The summed E-state index contributed by atoms with van der Waals surface area (Å²) in [5.41, 5.74) is 1.65. The molecule has 0 saturated carbocycles. The normalized spacial score (nSPS) is 11.7. The predicted molar refractivity (Wildman–Crippen MR) is 69.9 cm³/mol. The maximum absolute atomic E-state index is 13.1. The molecule has 0 radical (unpaired) electrons. The molecule has 17 heavy (non-hydrogen) atoms. The van der Waals surface area contributed by atoms with Crippen LogP contribution in [-0.4, -0.2) is 20.4 Å². The molecule has 0 saturated heterocycles. The highest BCUT2D eigenvalue weighted by atomic mass is 32.2. The van der Waals surface area contributed by atoms with E-state index in [9.17, 15) is 12.8 Å². The van der Waals surface area contributed by atoms with Crippen LogP contribution in [0, 0.1) is 5.82 Å². The van der Waals surface area contributed by atoms with Crippen molar-refractivity contribution < 1.29 is 12.8 Å². The van der Waals surface area contributed by atoms with Crippen molar-refractivity contribution in [2.45, 2.75) is 19.2 Å². The summed E-state index contributed by atoms with van der Waals surface area (Å²) in [5, 5.41) is 0. The summed E-state index contributed by atoms with van der Waals surface area (Å²) in [7, 11) is -3.21. The second-order valence-corrected chi connectivity index (χ2v) is 6.53. The zero-order valence-corrected chi connectivity index (χ0v) is 11.5. The molecule has 96 valence electrons. The smallest absolute Gasteiger partial charge is 0.211 e. The number of benzene rings is 1. The van der Waals surface area contributed by atoms with Gasteiger partial charge in [-0.25, -0.2) is 17.5 Å². The van der Waals surface area contributed by atoms with E-state index < -0.39 is 10.0 Å². The van der Waals surface area contributed by atoms with Gasteiger partial charge in [-0.05, 0) is 36.4 Å². The summed E-state index contributed by atoms with van der Waals surface area (Å²) in [4.78, 5) is 0. The van der Waals surface area contributed by atoms with Crippen molar-refractivity contribution in [2.24, 2.45) is 0 Å². The van der Waals surface area contributed by atoms with Gasteiger partial charge in [0.1, 0.15) is 5.82 Å². The molecule has 0 unspecified atom stereocenters. The third kappa shape index (κ3) is 4.65. The minimum Gasteiger partial charge on any atom is -0.212 e. The van der Waals surface area contributed by atoms with E-state index in [1.807, 2.05) is 6.26 Å². The minimum absolute atomic E-state index is 0.0477. The van der Waals surface area contributed by atoms with Crippen LogP contribution in [0.2, 0.25) is 0 Å². The fourth-order valence-corrected chi connectivity index (χ4v) is 2.51. The van der Waals surface area contributed by atoms with E-state index in [4.69, 9.17) is 0 Å². The molecule has 0 aromatic heterocycles. The van der Waals surface area contributed by atoms with Crippen LogP contribution in [0.25, 0.3) is 0 Å². The fourth-order valence-electron chi connectivity index (χ4n) is 1.35. The Bertz CT molecular complexity index is 474. The van der Waals surface area contributed by atoms with Gasteiger partial charge >= 0.3 is 0 Å². The standard InChI is InChI=1S/C11H16FNO2S2/c1-3-17(14,15)13-7-9-4-5-11(12)6-10(9)8-16-2/h4-6,13H,3,7-8H2,1-2H3. The van der Waals surface area contributed by atoms with Gasteiger partial charge in [0.15, 0.2) is 0 Å². The topological polar surface area (TPSA) is 46.2 Å². The van der Waals surface area contributed by atoms with Gasteiger partial charge in [0, 0.05) is 12.3 Å². The van der Waals surface area contributed by atoms with E-state index in [0.29, 0.717) is 5.75 Å². The second-order valence-electron chi connectivity index (χ2n) is 3.57. The lowest BCUT2D eigenvalue weighted by Gasteiger charge is -2.09. The molecule has 0 heterocycles. The average Bonchev–Trinajstić information content (AvgIpc) is 2.28. The molecule has 0 amide bonds. The monoisotopic (exact) mass is 277 g/mol. The van der Waals surface area contributed by atoms with Gasteiger partial charge in [-0.1, -0.05) is 6.07 Å². The average molecular weight is 277 g/mol. The SMILES string of the molecule is CCS(=O)(=O)NCc1ccc(F)cc1CSC. The van der Waals surface area contributed by atoms with Crippen molar-refractivity contribution >= 4 is 21.8 Å². The Balaban J connectivity index is 2.83. The largest absolute Gasteiger partial charge is 0.212 e. The zero-order chi connectivity index (χ0) is 12.9. The van der Waals surface area contributed by atoms with Crippen LogP contribution < -0.4 is 4.72 Å². The van der Waals surface area contributed by atoms with Gasteiger partial charge in [0.05, 0.1) is 5.75 Å². The second kappa shape index (κ2) is 6.37. The molecule has 6 heteroatoms. The Labute approximate surface area is 106 Å². The fraction of sp³-hybridized carbons (Fsp3) is 0.455. The quantitative estimate of drug-likeness (QED) is 0.866. The maximum atomic E-state index is 13.1. The first-order valence-electron chi connectivity index (χ1n) is 5.22. The maximum Gasteiger partial charge on any atom is 0.211 e. The summed E-state index contributed by atoms with van der Waals surface area (Å²) in [6.45, 7) is 1.79. The van der Waals surface area contributed by atoms with Gasteiger partial charge in [0.2, 0.25) is 10.0 Å². The molecule has 0 aliphatic rings. The summed E-state index contributed by atoms with van der Waals surface area (Å²) in [6, 6.07) is 4.42. The molecule has 0 aliphatic heterocycles. The molecule has 0 aliphatic carbocycles.